The molecule has 16 heteroatoms. The van der Waals surface area contributed by atoms with E-state index in [4.69, 9.17) is 10.2 Å². The first kappa shape index (κ1) is 31.9. The van der Waals surface area contributed by atoms with E-state index >= 15 is 0 Å². The molecule has 38 heavy (non-hydrogen) atoms. The first-order chi connectivity index (χ1) is 17.8. The number of rotatable bonds is 20. The Morgan fingerprint density at radius 3 is 1.55 bits per heavy atom. The van der Waals surface area contributed by atoms with Gasteiger partial charge in [-0.3, -0.25) is 48.8 Å². The van der Waals surface area contributed by atoms with E-state index in [9.17, 15) is 49.4 Å². The fourth-order valence-corrected chi connectivity index (χ4v) is 3.84. The maximum Gasteiger partial charge on any atom is 0.317 e. The Bertz CT molecular complexity index is 969. The van der Waals surface area contributed by atoms with Gasteiger partial charge < -0.3 is 25.5 Å². The zero-order valence-electron chi connectivity index (χ0n) is 20.3. The first-order valence-electron chi connectivity index (χ1n) is 11.3. The molecule has 0 radical (unpaired) electrons. The van der Waals surface area contributed by atoms with Gasteiger partial charge in [0.05, 0.1) is 37.6 Å². The monoisotopic (exact) mass is 542 g/mol. The highest BCUT2D eigenvalue weighted by Crippen LogP contribution is 2.16. The van der Waals surface area contributed by atoms with Gasteiger partial charge in [0.2, 0.25) is 0 Å². The molecule has 0 amide bonds. The van der Waals surface area contributed by atoms with Gasteiger partial charge in [0.1, 0.15) is 0 Å². The molecule has 0 saturated heterocycles. The average molecular weight is 542 g/mol. The summed E-state index contributed by atoms with van der Waals surface area (Å²) >= 11 is 0. The summed E-state index contributed by atoms with van der Waals surface area (Å²) in [5, 5.41) is 56.9. The van der Waals surface area contributed by atoms with E-state index in [1.165, 1.54) is 29.2 Å². The van der Waals surface area contributed by atoms with Crippen molar-refractivity contribution in [2.45, 2.75) is 18.9 Å². The van der Waals surface area contributed by atoms with Crippen LogP contribution >= 0.6 is 0 Å². The predicted molar refractivity (Wildman–Crippen MR) is 128 cm³/mol. The number of aliphatic carboxylic acids is 5. The number of nitrogens with zero attached hydrogens (tertiary/aromatic N) is 4. The number of nitro benzene ring substituents is 1. The molecular weight excluding hydrogens is 512 g/mol. The molecule has 16 nitrogen and oxygen atoms in total. The van der Waals surface area contributed by atoms with Crippen LogP contribution in [0.5, 0.6) is 0 Å². The molecule has 0 bridgehead atoms. The fraction of sp³-hybridized carbons (Fsp3) is 0.500. The maximum atomic E-state index is 11.5. The summed E-state index contributed by atoms with van der Waals surface area (Å²) in [4.78, 5) is 70.4. The van der Waals surface area contributed by atoms with Gasteiger partial charge in [-0.05, 0) is 18.4 Å². The van der Waals surface area contributed by atoms with Crippen molar-refractivity contribution in [2.24, 2.45) is 0 Å². The lowest BCUT2D eigenvalue weighted by atomic mass is 10.0. The van der Waals surface area contributed by atoms with E-state index in [-0.39, 0.29) is 38.2 Å². The van der Waals surface area contributed by atoms with Crippen molar-refractivity contribution < 1.29 is 54.4 Å². The van der Waals surface area contributed by atoms with Gasteiger partial charge in [0, 0.05) is 37.8 Å². The van der Waals surface area contributed by atoms with E-state index in [1.54, 1.807) is 0 Å². The Labute approximate surface area is 216 Å². The number of carbonyl (C=O) groups is 5. The smallest absolute Gasteiger partial charge is 0.317 e. The van der Waals surface area contributed by atoms with Crippen LogP contribution in [0, 0.1) is 10.1 Å². The molecule has 0 saturated carbocycles. The molecule has 0 spiro atoms. The minimum Gasteiger partial charge on any atom is -0.480 e. The Kier molecular flexibility index (Phi) is 13.3. The quantitative estimate of drug-likeness (QED) is 0.100. The number of nitro groups is 1. The number of hydrogen-bond donors (Lipinski definition) is 5. The second kappa shape index (κ2) is 15.9. The maximum absolute atomic E-state index is 11.5. The third kappa shape index (κ3) is 13.2. The largest absolute Gasteiger partial charge is 0.480 e. The van der Waals surface area contributed by atoms with E-state index in [2.05, 4.69) is 0 Å². The molecular formula is C22H30N4O12. The number of non-ortho nitro benzene ring substituents is 1. The highest BCUT2D eigenvalue weighted by molar-refractivity contribution is 5.73. The molecule has 0 aliphatic heterocycles. The summed E-state index contributed by atoms with van der Waals surface area (Å²) in [6.07, 6.45) is 0.203. The molecule has 1 atom stereocenters. The van der Waals surface area contributed by atoms with Crippen molar-refractivity contribution >= 4 is 35.5 Å². The Hall–Kier alpha value is -4.15. The van der Waals surface area contributed by atoms with Crippen LogP contribution in [-0.4, -0.2) is 133 Å². The van der Waals surface area contributed by atoms with Crippen LogP contribution in [0.15, 0.2) is 24.3 Å². The van der Waals surface area contributed by atoms with Crippen LogP contribution in [0.3, 0.4) is 0 Å². The van der Waals surface area contributed by atoms with Gasteiger partial charge in [0.15, 0.2) is 0 Å². The van der Waals surface area contributed by atoms with Crippen LogP contribution in [0.4, 0.5) is 5.69 Å². The number of carboxylic acid groups (broad SMARTS) is 5. The van der Waals surface area contributed by atoms with Crippen LogP contribution in [-0.2, 0) is 30.4 Å². The molecule has 5 N–H and O–H groups in total. The van der Waals surface area contributed by atoms with Crippen molar-refractivity contribution in [1.82, 2.24) is 14.7 Å². The second-order valence-corrected chi connectivity index (χ2v) is 8.45. The van der Waals surface area contributed by atoms with Gasteiger partial charge in [-0.25, -0.2) is 0 Å². The molecule has 0 fully saturated rings. The lowest BCUT2D eigenvalue weighted by Crippen LogP contribution is -2.50. The summed E-state index contributed by atoms with van der Waals surface area (Å²) in [5.41, 5.74) is 0.337. The van der Waals surface area contributed by atoms with E-state index < -0.39 is 73.5 Å². The first-order valence-corrected chi connectivity index (χ1v) is 11.3. The number of carboxylic acids is 5. The standard InChI is InChI=1S/C22H30N4O12/c27-18(28)10-23(6-1-7-24(11-19(29)30)12-20(31)32)9-17(25(13-21(33)34)14-22(35)36)8-15-2-4-16(5-3-15)26(37)38/h2-5,17H,1,6-14H2,(H,27,28)(H,29,30)(H,31,32)(H,33,34)(H,35,36). The Balaban J connectivity index is 3.15. The summed E-state index contributed by atoms with van der Waals surface area (Å²) in [6.45, 7) is -2.99. The van der Waals surface area contributed by atoms with Gasteiger partial charge in [-0.15, -0.1) is 0 Å². The van der Waals surface area contributed by atoms with Crippen LogP contribution < -0.4 is 0 Å². The number of benzene rings is 1. The van der Waals surface area contributed by atoms with Gasteiger partial charge >= 0.3 is 29.8 Å². The van der Waals surface area contributed by atoms with Gasteiger partial charge in [-0.2, -0.15) is 0 Å². The summed E-state index contributed by atoms with van der Waals surface area (Å²) in [5.74, 6) is -6.34. The lowest BCUT2D eigenvalue weighted by Gasteiger charge is -2.34. The third-order valence-corrected chi connectivity index (χ3v) is 5.31. The highest BCUT2D eigenvalue weighted by atomic mass is 16.6. The van der Waals surface area contributed by atoms with Gasteiger partial charge in [0.25, 0.3) is 5.69 Å². The zero-order valence-corrected chi connectivity index (χ0v) is 20.3. The van der Waals surface area contributed by atoms with E-state index in [1.807, 2.05) is 0 Å². The van der Waals surface area contributed by atoms with Crippen molar-refractivity contribution in [3.8, 4) is 0 Å². The predicted octanol–water partition coefficient (Wildman–Crippen LogP) is -0.775. The third-order valence-electron chi connectivity index (χ3n) is 5.31. The topological polar surface area (TPSA) is 239 Å². The van der Waals surface area contributed by atoms with E-state index in [0.29, 0.717) is 5.56 Å². The molecule has 0 aromatic heterocycles. The summed E-state index contributed by atoms with van der Waals surface area (Å²) in [6, 6.07) is 4.50. The minimum absolute atomic E-state index is 0.00963. The van der Waals surface area contributed by atoms with Crippen molar-refractivity contribution in [1.29, 1.82) is 0 Å². The zero-order chi connectivity index (χ0) is 28.8. The van der Waals surface area contributed by atoms with Crippen LogP contribution in [0.25, 0.3) is 0 Å². The summed E-state index contributed by atoms with van der Waals surface area (Å²) in [7, 11) is 0. The van der Waals surface area contributed by atoms with Crippen LogP contribution in [0.2, 0.25) is 0 Å². The Morgan fingerprint density at radius 2 is 1.13 bits per heavy atom. The summed E-state index contributed by atoms with van der Waals surface area (Å²) < 4.78 is 0. The molecule has 1 aromatic rings. The average Bonchev–Trinajstić information content (AvgIpc) is 2.76. The van der Waals surface area contributed by atoms with Gasteiger partial charge in [-0.1, -0.05) is 12.1 Å². The Morgan fingerprint density at radius 1 is 0.711 bits per heavy atom. The SMILES string of the molecule is O=C(O)CN(CCCN(CC(=O)O)CC(Cc1ccc([N+](=O)[O-])cc1)N(CC(=O)O)CC(=O)O)CC(=O)O. The molecule has 0 aliphatic carbocycles. The lowest BCUT2D eigenvalue weighted by molar-refractivity contribution is -0.384. The molecule has 210 valence electrons. The van der Waals surface area contributed by atoms with Crippen molar-refractivity contribution in [3.63, 3.8) is 0 Å². The number of hydrogen-bond acceptors (Lipinski definition) is 10. The highest BCUT2D eigenvalue weighted by Gasteiger charge is 2.27. The molecule has 1 aromatic carbocycles. The molecule has 1 unspecified atom stereocenters. The minimum atomic E-state index is -1.32. The van der Waals surface area contributed by atoms with Crippen LogP contribution in [0.1, 0.15) is 12.0 Å². The molecule has 1 rings (SSSR count). The normalized spacial score (nSPS) is 12.0. The van der Waals surface area contributed by atoms with E-state index in [0.717, 1.165) is 9.80 Å². The second-order valence-electron chi connectivity index (χ2n) is 8.45. The molecule has 0 heterocycles. The van der Waals surface area contributed by atoms with Crippen molar-refractivity contribution in [3.05, 3.63) is 39.9 Å². The van der Waals surface area contributed by atoms with Crippen molar-refractivity contribution in [2.75, 3.05) is 52.4 Å². The molecule has 0 aliphatic rings. The fourth-order valence-electron chi connectivity index (χ4n) is 3.84.